The van der Waals surface area contributed by atoms with Crippen LogP contribution in [0.3, 0.4) is 0 Å². The molecule has 3 aromatic heterocycles. The van der Waals surface area contributed by atoms with Gasteiger partial charge in [-0.25, -0.2) is 9.97 Å². The Balaban J connectivity index is 1.45. The van der Waals surface area contributed by atoms with Gasteiger partial charge in [-0.05, 0) is 46.7 Å². The third kappa shape index (κ3) is 3.15. The maximum Gasteiger partial charge on any atom is 0.165 e. The van der Waals surface area contributed by atoms with E-state index in [-0.39, 0.29) is 5.41 Å². The van der Waals surface area contributed by atoms with Crippen molar-refractivity contribution in [2.75, 3.05) is 0 Å². The molecule has 198 valence electrons. The highest BCUT2D eigenvalue weighted by Crippen LogP contribution is 2.48. The zero-order valence-corrected chi connectivity index (χ0v) is 23.3. The van der Waals surface area contributed by atoms with Crippen LogP contribution in [0.15, 0.2) is 121 Å². The molecule has 0 fully saturated rings. The van der Waals surface area contributed by atoms with Crippen molar-refractivity contribution < 1.29 is 0 Å². The summed E-state index contributed by atoms with van der Waals surface area (Å²) in [6.07, 6.45) is 1.85. The van der Waals surface area contributed by atoms with E-state index in [2.05, 4.69) is 133 Å². The van der Waals surface area contributed by atoms with Gasteiger partial charge in [-0.1, -0.05) is 98.8 Å². The largest absolute Gasteiger partial charge is 0.292 e. The molecular weight excluding hydrogens is 512 g/mol. The maximum atomic E-state index is 5.55. The Kier molecular flexibility index (Phi) is 4.64. The van der Waals surface area contributed by atoms with Crippen molar-refractivity contribution in [3.05, 3.63) is 133 Å². The predicted molar refractivity (Wildman–Crippen MR) is 172 cm³/mol. The summed E-state index contributed by atoms with van der Waals surface area (Å²) in [6, 6.07) is 40.9. The molecule has 8 aromatic rings. The van der Waals surface area contributed by atoms with Crippen LogP contribution in [-0.2, 0) is 5.41 Å². The van der Waals surface area contributed by atoms with E-state index in [1.165, 1.54) is 27.1 Å². The minimum absolute atomic E-state index is 0.266. The fourth-order valence-electron chi connectivity index (χ4n) is 6.86. The summed E-state index contributed by atoms with van der Waals surface area (Å²) >= 11 is 0. The van der Waals surface area contributed by atoms with Gasteiger partial charge >= 0.3 is 0 Å². The number of rotatable bonds is 2. The Hall–Kier alpha value is -5.35. The van der Waals surface area contributed by atoms with E-state index >= 15 is 0 Å². The summed E-state index contributed by atoms with van der Waals surface area (Å²) in [7, 11) is 0. The fraction of sp³-hybridized carbons (Fsp3) is 0.0789. The number of benzene rings is 5. The molecule has 3 heterocycles. The first-order chi connectivity index (χ1) is 20.6. The van der Waals surface area contributed by atoms with E-state index < -0.39 is 0 Å². The van der Waals surface area contributed by atoms with E-state index in [0.29, 0.717) is 0 Å². The lowest BCUT2D eigenvalue weighted by Gasteiger charge is -2.21. The number of nitrogens with zero attached hydrogens (tertiary/aromatic N) is 4. The normalized spacial score (nSPS) is 13.7. The first-order valence-corrected chi connectivity index (χ1v) is 14.4. The van der Waals surface area contributed by atoms with Crippen molar-refractivity contribution >= 4 is 43.5 Å². The van der Waals surface area contributed by atoms with E-state index in [9.17, 15) is 0 Å². The summed E-state index contributed by atoms with van der Waals surface area (Å²) < 4.78 is 2.32. The summed E-state index contributed by atoms with van der Waals surface area (Å²) in [5.74, 6) is 0.831. The highest BCUT2D eigenvalue weighted by atomic mass is 15.1. The average molecular weight is 539 g/mol. The molecule has 4 heteroatoms. The van der Waals surface area contributed by atoms with Crippen molar-refractivity contribution in [2.24, 2.45) is 0 Å². The molecule has 0 bridgehead atoms. The highest BCUT2D eigenvalue weighted by molar-refractivity contribution is 6.13. The molecule has 0 radical (unpaired) electrons. The topological polar surface area (TPSA) is 43.6 Å². The van der Waals surface area contributed by atoms with Crippen molar-refractivity contribution in [1.82, 2.24) is 19.5 Å². The van der Waals surface area contributed by atoms with Gasteiger partial charge < -0.3 is 0 Å². The lowest BCUT2D eigenvalue weighted by Crippen LogP contribution is -2.18. The standard InChI is InChI=1S/C38H26N4/c1-38(2)30-15-7-5-14-28(30)35-36(38)40-34(26-18-17-23-12-9-19-39-31(23)21-26)37(41-35)42-32-16-8-6-13-27(32)29-20-24-10-3-4-11-25(24)22-33(29)42/h3-22H,1-2H3. The third-order valence-electron chi connectivity index (χ3n) is 8.96. The van der Waals surface area contributed by atoms with E-state index in [0.717, 1.165) is 56.0 Å². The number of para-hydroxylation sites is 1. The fourth-order valence-corrected chi connectivity index (χ4v) is 6.86. The van der Waals surface area contributed by atoms with Gasteiger partial charge in [0.15, 0.2) is 5.82 Å². The van der Waals surface area contributed by atoms with Gasteiger partial charge in [0.25, 0.3) is 0 Å². The Morgan fingerprint density at radius 1 is 0.595 bits per heavy atom. The zero-order chi connectivity index (χ0) is 28.0. The first kappa shape index (κ1) is 23.4. The van der Waals surface area contributed by atoms with Crippen LogP contribution in [0.5, 0.6) is 0 Å². The molecule has 0 saturated carbocycles. The van der Waals surface area contributed by atoms with Gasteiger partial charge in [0.1, 0.15) is 5.69 Å². The zero-order valence-electron chi connectivity index (χ0n) is 23.3. The molecule has 42 heavy (non-hydrogen) atoms. The van der Waals surface area contributed by atoms with Crippen LogP contribution < -0.4 is 0 Å². The van der Waals surface area contributed by atoms with Gasteiger partial charge in [0.2, 0.25) is 0 Å². The van der Waals surface area contributed by atoms with Crippen LogP contribution in [-0.4, -0.2) is 19.5 Å². The van der Waals surface area contributed by atoms with E-state index in [1.807, 2.05) is 12.3 Å². The van der Waals surface area contributed by atoms with Crippen LogP contribution >= 0.6 is 0 Å². The quantitative estimate of drug-likeness (QED) is 0.220. The Labute approximate surface area is 242 Å². The molecule has 0 amide bonds. The number of pyridine rings is 1. The van der Waals surface area contributed by atoms with Crippen molar-refractivity contribution in [3.63, 3.8) is 0 Å². The molecule has 5 aromatic carbocycles. The molecule has 1 aliphatic carbocycles. The summed E-state index contributed by atoms with van der Waals surface area (Å²) in [6.45, 7) is 4.51. The summed E-state index contributed by atoms with van der Waals surface area (Å²) in [5, 5.41) is 5.94. The van der Waals surface area contributed by atoms with Gasteiger partial charge in [0, 0.05) is 38.9 Å². The lowest BCUT2D eigenvalue weighted by atomic mass is 9.85. The van der Waals surface area contributed by atoms with Crippen molar-refractivity contribution in [1.29, 1.82) is 0 Å². The van der Waals surface area contributed by atoms with Gasteiger partial charge in [0.05, 0.1) is 27.9 Å². The Bertz CT molecular complexity index is 2400. The van der Waals surface area contributed by atoms with Gasteiger partial charge in [-0.3, -0.25) is 9.55 Å². The number of hydrogen-bond donors (Lipinski definition) is 0. The SMILES string of the molecule is CC1(C)c2ccccc2-c2nc(-n3c4ccccc4c4cc5ccccc5cc43)c(-c3ccc4cccnc4c3)nc21. The average Bonchev–Trinajstić information content (AvgIpc) is 3.47. The van der Waals surface area contributed by atoms with Crippen LogP contribution in [0.2, 0.25) is 0 Å². The van der Waals surface area contributed by atoms with E-state index in [4.69, 9.17) is 9.97 Å². The van der Waals surface area contributed by atoms with Crippen LogP contribution in [0.4, 0.5) is 0 Å². The van der Waals surface area contributed by atoms with Gasteiger partial charge in [-0.2, -0.15) is 0 Å². The highest BCUT2D eigenvalue weighted by Gasteiger charge is 2.39. The monoisotopic (exact) mass is 538 g/mol. The molecule has 0 atom stereocenters. The molecule has 0 saturated heterocycles. The van der Waals surface area contributed by atoms with Crippen LogP contribution in [0.25, 0.3) is 71.8 Å². The molecule has 0 spiro atoms. The van der Waals surface area contributed by atoms with Crippen molar-refractivity contribution in [3.8, 4) is 28.3 Å². The predicted octanol–water partition coefficient (Wildman–Crippen LogP) is 9.25. The molecule has 0 aliphatic heterocycles. The Morgan fingerprint density at radius 3 is 2.26 bits per heavy atom. The molecule has 0 unspecified atom stereocenters. The molecule has 1 aliphatic rings. The Morgan fingerprint density at radius 2 is 1.36 bits per heavy atom. The molecule has 9 rings (SSSR count). The minimum atomic E-state index is -0.266. The third-order valence-corrected chi connectivity index (χ3v) is 8.96. The summed E-state index contributed by atoms with van der Waals surface area (Å²) in [5.41, 5.74) is 9.16. The second-order valence-corrected chi connectivity index (χ2v) is 11.7. The molecule has 0 N–H and O–H groups in total. The maximum absolute atomic E-state index is 5.55. The van der Waals surface area contributed by atoms with E-state index in [1.54, 1.807) is 0 Å². The smallest absolute Gasteiger partial charge is 0.165 e. The number of aromatic nitrogens is 4. The van der Waals surface area contributed by atoms with Crippen LogP contribution in [0, 0.1) is 0 Å². The lowest BCUT2D eigenvalue weighted by molar-refractivity contribution is 0.635. The minimum Gasteiger partial charge on any atom is -0.292 e. The number of fused-ring (bicyclic) bond motifs is 8. The number of hydrogen-bond acceptors (Lipinski definition) is 3. The second kappa shape index (κ2) is 8.34. The molecular formula is C38H26N4. The van der Waals surface area contributed by atoms with Gasteiger partial charge in [-0.15, -0.1) is 0 Å². The second-order valence-electron chi connectivity index (χ2n) is 11.7. The molecule has 4 nitrogen and oxygen atoms in total. The van der Waals surface area contributed by atoms with Crippen LogP contribution in [0.1, 0.15) is 25.1 Å². The summed E-state index contributed by atoms with van der Waals surface area (Å²) in [4.78, 5) is 15.7. The van der Waals surface area contributed by atoms with Crippen molar-refractivity contribution in [2.45, 2.75) is 19.3 Å². The first-order valence-electron chi connectivity index (χ1n) is 14.4.